The van der Waals surface area contributed by atoms with Crippen molar-refractivity contribution in [3.05, 3.63) is 53.6 Å². The first-order valence-electron chi connectivity index (χ1n) is 7.39. The maximum absolute atomic E-state index is 12.7. The molecule has 0 aromatic heterocycles. The number of hydrogen-bond donors (Lipinski definition) is 2. The number of hydrogen-bond acceptors (Lipinski definition) is 4. The van der Waals surface area contributed by atoms with Crippen molar-refractivity contribution in [1.82, 2.24) is 0 Å². The van der Waals surface area contributed by atoms with E-state index < -0.39 is 9.84 Å². The Balaban J connectivity index is 2.06. The van der Waals surface area contributed by atoms with E-state index in [2.05, 4.69) is 0 Å². The Labute approximate surface area is 130 Å². The lowest BCUT2D eigenvalue weighted by Gasteiger charge is -2.24. The maximum Gasteiger partial charge on any atom is 0.206 e. The zero-order valence-corrected chi connectivity index (χ0v) is 13.0. The van der Waals surface area contributed by atoms with Crippen molar-refractivity contribution in [1.29, 1.82) is 0 Å². The number of phenolic OH excluding ortho intramolecular Hbond substituents is 1. The van der Waals surface area contributed by atoms with Gasteiger partial charge in [0, 0.05) is 0 Å². The van der Waals surface area contributed by atoms with E-state index in [1.807, 2.05) is 6.07 Å². The molecule has 116 valence electrons. The highest BCUT2D eigenvalue weighted by Crippen LogP contribution is 2.33. The first kappa shape index (κ1) is 15.1. The molecular weight excluding hydrogens is 298 g/mol. The zero-order chi connectivity index (χ0) is 15.7. The predicted octanol–water partition coefficient (Wildman–Crippen LogP) is 2.60. The van der Waals surface area contributed by atoms with Gasteiger partial charge in [-0.25, -0.2) is 8.42 Å². The van der Waals surface area contributed by atoms with E-state index in [1.54, 1.807) is 12.1 Å². The zero-order valence-electron chi connectivity index (χ0n) is 12.2. The standard InChI is InChI=1S/C17H19NO3S/c18-11-13-4-1-3-12-9-16(7-8-17(12)13)22(20,21)15-6-2-5-14(19)10-15/h2,5-10,13,19H,1,3-4,11,18H2/t13-/m0/s1. The van der Waals surface area contributed by atoms with Crippen molar-refractivity contribution in [2.24, 2.45) is 5.73 Å². The van der Waals surface area contributed by atoms with Gasteiger partial charge in [-0.05, 0) is 73.2 Å². The van der Waals surface area contributed by atoms with Gasteiger partial charge in [0.05, 0.1) is 9.79 Å². The first-order valence-corrected chi connectivity index (χ1v) is 8.87. The number of rotatable bonds is 3. The highest BCUT2D eigenvalue weighted by molar-refractivity contribution is 7.91. The second kappa shape index (κ2) is 5.74. The summed E-state index contributed by atoms with van der Waals surface area (Å²) in [6.45, 7) is 0.589. The van der Waals surface area contributed by atoms with Crippen LogP contribution in [-0.4, -0.2) is 20.1 Å². The summed E-state index contributed by atoms with van der Waals surface area (Å²) in [5.41, 5.74) is 8.05. The molecule has 3 rings (SSSR count). The van der Waals surface area contributed by atoms with Gasteiger partial charge in [0.1, 0.15) is 5.75 Å². The third-order valence-electron chi connectivity index (χ3n) is 4.28. The summed E-state index contributed by atoms with van der Waals surface area (Å²) in [5.74, 6) is 0.267. The maximum atomic E-state index is 12.7. The molecule has 0 bridgehead atoms. The van der Waals surface area contributed by atoms with Gasteiger partial charge in [-0.2, -0.15) is 0 Å². The van der Waals surface area contributed by atoms with Gasteiger partial charge in [0.2, 0.25) is 9.84 Å². The minimum atomic E-state index is -3.61. The number of aromatic hydroxyl groups is 1. The monoisotopic (exact) mass is 317 g/mol. The molecular formula is C17H19NO3S. The molecule has 2 aromatic rings. The van der Waals surface area contributed by atoms with Gasteiger partial charge in [-0.15, -0.1) is 0 Å². The normalized spacial score (nSPS) is 18.0. The minimum absolute atomic E-state index is 0.0535. The lowest BCUT2D eigenvalue weighted by Crippen LogP contribution is -2.18. The van der Waals surface area contributed by atoms with Gasteiger partial charge in [-0.3, -0.25) is 0 Å². The molecule has 5 heteroatoms. The van der Waals surface area contributed by atoms with Crippen LogP contribution >= 0.6 is 0 Å². The second-order valence-electron chi connectivity index (χ2n) is 5.69. The highest BCUT2D eigenvalue weighted by atomic mass is 32.2. The van der Waals surface area contributed by atoms with Gasteiger partial charge < -0.3 is 10.8 Å². The van der Waals surface area contributed by atoms with E-state index in [0.717, 1.165) is 24.8 Å². The van der Waals surface area contributed by atoms with Crippen LogP contribution in [0.4, 0.5) is 0 Å². The summed E-state index contributed by atoms with van der Waals surface area (Å²) in [4.78, 5) is 0.383. The van der Waals surface area contributed by atoms with Crippen molar-refractivity contribution in [3.8, 4) is 5.75 Å². The van der Waals surface area contributed by atoms with Crippen LogP contribution in [-0.2, 0) is 16.3 Å². The number of sulfone groups is 1. The van der Waals surface area contributed by atoms with Crippen LogP contribution in [0.3, 0.4) is 0 Å². The Morgan fingerprint density at radius 1 is 1.14 bits per heavy atom. The first-order chi connectivity index (χ1) is 10.5. The molecule has 0 radical (unpaired) electrons. The van der Waals surface area contributed by atoms with Crippen molar-refractivity contribution >= 4 is 9.84 Å². The second-order valence-corrected chi connectivity index (χ2v) is 7.64. The van der Waals surface area contributed by atoms with Crippen molar-refractivity contribution in [3.63, 3.8) is 0 Å². The largest absolute Gasteiger partial charge is 0.508 e. The topological polar surface area (TPSA) is 80.4 Å². The van der Waals surface area contributed by atoms with E-state index in [-0.39, 0.29) is 15.5 Å². The fraction of sp³-hybridized carbons (Fsp3) is 0.294. The molecule has 1 atom stereocenters. The third-order valence-corrected chi connectivity index (χ3v) is 6.02. The molecule has 0 heterocycles. The summed E-state index contributed by atoms with van der Waals surface area (Å²) in [7, 11) is -3.61. The predicted molar refractivity (Wildman–Crippen MR) is 84.7 cm³/mol. The number of phenols is 1. The number of aryl methyl sites for hydroxylation is 1. The van der Waals surface area contributed by atoms with Crippen LogP contribution in [0.1, 0.15) is 29.9 Å². The summed E-state index contributed by atoms with van der Waals surface area (Å²) >= 11 is 0. The molecule has 1 aliphatic carbocycles. The average Bonchev–Trinajstić information content (AvgIpc) is 2.53. The van der Waals surface area contributed by atoms with Crippen molar-refractivity contribution in [2.75, 3.05) is 6.54 Å². The minimum Gasteiger partial charge on any atom is -0.508 e. The van der Waals surface area contributed by atoms with Crippen LogP contribution in [0.15, 0.2) is 52.3 Å². The molecule has 0 spiro atoms. The molecule has 0 saturated carbocycles. The molecule has 0 aliphatic heterocycles. The van der Waals surface area contributed by atoms with Gasteiger partial charge in [0.25, 0.3) is 0 Å². The molecule has 0 unspecified atom stereocenters. The van der Waals surface area contributed by atoms with Crippen molar-refractivity contribution in [2.45, 2.75) is 35.0 Å². The Kier molecular flexibility index (Phi) is 3.93. The van der Waals surface area contributed by atoms with E-state index in [9.17, 15) is 13.5 Å². The van der Waals surface area contributed by atoms with Crippen LogP contribution in [0, 0.1) is 0 Å². The Morgan fingerprint density at radius 3 is 2.64 bits per heavy atom. The molecule has 0 amide bonds. The Morgan fingerprint density at radius 2 is 1.91 bits per heavy atom. The number of nitrogens with two attached hydrogens (primary N) is 1. The number of fused-ring (bicyclic) bond motifs is 1. The molecule has 22 heavy (non-hydrogen) atoms. The smallest absolute Gasteiger partial charge is 0.206 e. The lowest BCUT2D eigenvalue weighted by atomic mass is 9.83. The van der Waals surface area contributed by atoms with E-state index in [4.69, 9.17) is 5.73 Å². The summed E-state index contributed by atoms with van der Waals surface area (Å²) in [6, 6.07) is 11.1. The molecule has 3 N–H and O–H groups in total. The van der Waals surface area contributed by atoms with Crippen LogP contribution in [0.5, 0.6) is 5.75 Å². The van der Waals surface area contributed by atoms with Gasteiger partial charge in [0.15, 0.2) is 0 Å². The van der Waals surface area contributed by atoms with Crippen LogP contribution in [0.25, 0.3) is 0 Å². The lowest BCUT2D eigenvalue weighted by molar-refractivity contribution is 0.473. The SMILES string of the molecule is NC[C@@H]1CCCc2cc(S(=O)(=O)c3cccc(O)c3)ccc21. The quantitative estimate of drug-likeness (QED) is 0.912. The fourth-order valence-corrected chi connectivity index (χ4v) is 4.44. The molecule has 0 saturated heterocycles. The number of benzene rings is 2. The van der Waals surface area contributed by atoms with Gasteiger partial charge >= 0.3 is 0 Å². The molecule has 0 fully saturated rings. The molecule has 4 nitrogen and oxygen atoms in total. The molecule has 1 aliphatic rings. The van der Waals surface area contributed by atoms with E-state index in [0.29, 0.717) is 12.5 Å². The fourth-order valence-electron chi connectivity index (χ4n) is 3.09. The Bertz CT molecular complexity index is 799. The average molecular weight is 317 g/mol. The third kappa shape index (κ3) is 2.62. The van der Waals surface area contributed by atoms with Crippen LogP contribution in [0.2, 0.25) is 0 Å². The Hall–Kier alpha value is -1.85. The van der Waals surface area contributed by atoms with E-state index in [1.165, 1.54) is 29.8 Å². The van der Waals surface area contributed by atoms with Crippen LogP contribution < -0.4 is 5.73 Å². The molecule has 2 aromatic carbocycles. The van der Waals surface area contributed by atoms with Gasteiger partial charge in [-0.1, -0.05) is 12.1 Å². The summed E-state index contributed by atoms with van der Waals surface area (Å²) < 4.78 is 25.4. The summed E-state index contributed by atoms with van der Waals surface area (Å²) in [6.07, 6.45) is 2.97. The highest BCUT2D eigenvalue weighted by Gasteiger charge is 2.23. The van der Waals surface area contributed by atoms with E-state index >= 15 is 0 Å². The van der Waals surface area contributed by atoms with Crippen molar-refractivity contribution < 1.29 is 13.5 Å². The summed E-state index contributed by atoms with van der Waals surface area (Å²) in [5, 5.41) is 9.50.